The first-order valence-electron chi connectivity index (χ1n) is 16.2. The number of rotatable bonds is 7. The van der Waals surface area contributed by atoms with E-state index in [4.69, 9.17) is 0 Å². The number of hydrogen-bond acceptors (Lipinski definition) is 1. The molecule has 0 aromatic heterocycles. The molecular formula is C46H32FN. The average molecular weight is 618 g/mol. The first-order valence-corrected chi connectivity index (χ1v) is 16.2. The van der Waals surface area contributed by atoms with Gasteiger partial charge in [0.2, 0.25) is 0 Å². The standard InChI is InChI=1S/C46H32FN/c47-38-29-25-36(26-30-38)41-21-11-17-37-18-12-22-43(46(37)41)42-20-8-10-24-45(42)48(39-31-27-34(28-32-39)33-13-3-1-4-14-33)44-23-9-7-19-40(44)35-15-5-2-6-16-35/h1-32H. The number of hydrogen-bond donors (Lipinski definition) is 0. The van der Waals surface area contributed by atoms with Crippen molar-refractivity contribution in [1.82, 2.24) is 0 Å². The van der Waals surface area contributed by atoms with Gasteiger partial charge in [0.25, 0.3) is 0 Å². The molecule has 0 spiro atoms. The van der Waals surface area contributed by atoms with Crippen molar-refractivity contribution in [3.8, 4) is 44.5 Å². The Morgan fingerprint density at radius 1 is 0.312 bits per heavy atom. The van der Waals surface area contributed by atoms with Gasteiger partial charge in [-0.05, 0) is 80.6 Å². The van der Waals surface area contributed by atoms with E-state index in [0.717, 1.165) is 61.2 Å². The third-order valence-corrected chi connectivity index (χ3v) is 8.96. The minimum Gasteiger partial charge on any atom is -0.309 e. The molecule has 0 heterocycles. The Morgan fingerprint density at radius 3 is 1.44 bits per heavy atom. The molecule has 0 saturated heterocycles. The van der Waals surface area contributed by atoms with Gasteiger partial charge in [0.05, 0.1) is 11.4 Å². The lowest BCUT2D eigenvalue weighted by Gasteiger charge is -2.30. The number of para-hydroxylation sites is 2. The van der Waals surface area contributed by atoms with E-state index in [9.17, 15) is 4.39 Å². The maximum atomic E-state index is 14.0. The highest BCUT2D eigenvalue weighted by Crippen LogP contribution is 2.47. The predicted octanol–water partition coefficient (Wildman–Crippen LogP) is 13.1. The van der Waals surface area contributed by atoms with Crippen LogP contribution in [0.3, 0.4) is 0 Å². The van der Waals surface area contributed by atoms with Crippen molar-refractivity contribution in [2.45, 2.75) is 0 Å². The Bertz CT molecular complexity index is 2320. The fraction of sp³-hybridized carbons (Fsp3) is 0. The van der Waals surface area contributed by atoms with Crippen molar-refractivity contribution in [3.05, 3.63) is 200 Å². The summed E-state index contributed by atoms with van der Waals surface area (Å²) >= 11 is 0. The summed E-state index contributed by atoms with van der Waals surface area (Å²) in [4.78, 5) is 2.38. The van der Waals surface area contributed by atoms with E-state index in [1.54, 1.807) is 0 Å². The van der Waals surface area contributed by atoms with Crippen LogP contribution in [0.1, 0.15) is 0 Å². The lowest BCUT2D eigenvalue weighted by atomic mass is 9.90. The highest BCUT2D eigenvalue weighted by molar-refractivity contribution is 6.09. The lowest BCUT2D eigenvalue weighted by molar-refractivity contribution is 0.628. The molecule has 0 bridgehead atoms. The number of benzene rings is 8. The Balaban J connectivity index is 1.37. The van der Waals surface area contributed by atoms with Gasteiger partial charge in [-0.1, -0.05) is 158 Å². The summed E-state index contributed by atoms with van der Waals surface area (Å²) in [6.07, 6.45) is 0. The van der Waals surface area contributed by atoms with Crippen LogP contribution >= 0.6 is 0 Å². The van der Waals surface area contributed by atoms with Crippen LogP contribution in [0.4, 0.5) is 21.5 Å². The second-order valence-electron chi connectivity index (χ2n) is 11.9. The minimum atomic E-state index is -0.240. The Kier molecular flexibility index (Phi) is 7.82. The Morgan fingerprint density at radius 2 is 0.771 bits per heavy atom. The highest BCUT2D eigenvalue weighted by Gasteiger charge is 2.22. The van der Waals surface area contributed by atoms with E-state index in [0.29, 0.717) is 0 Å². The van der Waals surface area contributed by atoms with Crippen LogP contribution in [0, 0.1) is 5.82 Å². The molecule has 8 aromatic rings. The van der Waals surface area contributed by atoms with Crippen LogP contribution in [-0.2, 0) is 0 Å². The van der Waals surface area contributed by atoms with E-state index in [1.165, 1.54) is 23.3 Å². The maximum absolute atomic E-state index is 14.0. The molecule has 0 saturated carbocycles. The van der Waals surface area contributed by atoms with Crippen molar-refractivity contribution < 1.29 is 4.39 Å². The molecule has 48 heavy (non-hydrogen) atoms. The second kappa shape index (κ2) is 12.9. The third-order valence-electron chi connectivity index (χ3n) is 8.96. The molecular weight excluding hydrogens is 586 g/mol. The molecule has 228 valence electrons. The molecule has 8 rings (SSSR count). The normalized spacial score (nSPS) is 11.0. The van der Waals surface area contributed by atoms with Gasteiger partial charge in [-0.25, -0.2) is 4.39 Å². The van der Waals surface area contributed by atoms with E-state index in [2.05, 4.69) is 169 Å². The molecule has 8 aromatic carbocycles. The summed E-state index contributed by atoms with van der Waals surface area (Å²) in [5.74, 6) is -0.240. The van der Waals surface area contributed by atoms with Crippen molar-refractivity contribution in [2.75, 3.05) is 4.90 Å². The number of nitrogens with zero attached hydrogens (tertiary/aromatic N) is 1. The van der Waals surface area contributed by atoms with Crippen LogP contribution in [0.15, 0.2) is 194 Å². The zero-order valence-electron chi connectivity index (χ0n) is 26.3. The van der Waals surface area contributed by atoms with E-state index in [1.807, 2.05) is 18.2 Å². The van der Waals surface area contributed by atoms with Crippen molar-refractivity contribution >= 4 is 27.8 Å². The Hall–Kier alpha value is -6.25. The summed E-state index contributed by atoms with van der Waals surface area (Å²) in [7, 11) is 0. The topological polar surface area (TPSA) is 3.24 Å². The van der Waals surface area contributed by atoms with Gasteiger partial charge in [0.15, 0.2) is 0 Å². The zero-order chi connectivity index (χ0) is 32.3. The van der Waals surface area contributed by atoms with Gasteiger partial charge in [-0.2, -0.15) is 0 Å². The summed E-state index contributed by atoms with van der Waals surface area (Å²) in [5.41, 5.74) is 12.1. The van der Waals surface area contributed by atoms with Gasteiger partial charge < -0.3 is 4.90 Å². The van der Waals surface area contributed by atoms with Crippen LogP contribution in [0.2, 0.25) is 0 Å². The van der Waals surface area contributed by atoms with Crippen LogP contribution in [-0.4, -0.2) is 0 Å². The van der Waals surface area contributed by atoms with E-state index < -0.39 is 0 Å². The first kappa shape index (κ1) is 29.2. The van der Waals surface area contributed by atoms with Gasteiger partial charge in [0, 0.05) is 16.8 Å². The van der Waals surface area contributed by atoms with Crippen LogP contribution < -0.4 is 4.90 Å². The molecule has 0 unspecified atom stereocenters. The molecule has 0 radical (unpaired) electrons. The smallest absolute Gasteiger partial charge is 0.123 e. The van der Waals surface area contributed by atoms with Crippen molar-refractivity contribution in [3.63, 3.8) is 0 Å². The van der Waals surface area contributed by atoms with Gasteiger partial charge in [0.1, 0.15) is 5.82 Å². The second-order valence-corrected chi connectivity index (χ2v) is 11.9. The minimum absolute atomic E-state index is 0.240. The van der Waals surface area contributed by atoms with Gasteiger partial charge in [-0.3, -0.25) is 0 Å². The van der Waals surface area contributed by atoms with Crippen LogP contribution in [0.5, 0.6) is 0 Å². The molecule has 0 atom stereocenters. The molecule has 0 N–H and O–H groups in total. The fourth-order valence-corrected chi connectivity index (χ4v) is 6.70. The zero-order valence-corrected chi connectivity index (χ0v) is 26.3. The first-order chi connectivity index (χ1) is 23.7. The predicted molar refractivity (Wildman–Crippen MR) is 200 cm³/mol. The number of fused-ring (bicyclic) bond motifs is 1. The molecule has 0 fully saturated rings. The maximum Gasteiger partial charge on any atom is 0.123 e. The highest BCUT2D eigenvalue weighted by atomic mass is 19.1. The van der Waals surface area contributed by atoms with Gasteiger partial charge >= 0.3 is 0 Å². The fourth-order valence-electron chi connectivity index (χ4n) is 6.70. The third kappa shape index (κ3) is 5.55. The average Bonchev–Trinajstić information content (AvgIpc) is 3.16. The van der Waals surface area contributed by atoms with Crippen LogP contribution in [0.25, 0.3) is 55.3 Å². The molecule has 0 aliphatic heterocycles. The number of halogens is 1. The largest absolute Gasteiger partial charge is 0.309 e. The quantitative estimate of drug-likeness (QED) is 0.172. The lowest BCUT2D eigenvalue weighted by Crippen LogP contribution is -2.12. The van der Waals surface area contributed by atoms with E-state index in [-0.39, 0.29) is 5.82 Å². The molecule has 2 heteroatoms. The summed E-state index contributed by atoms with van der Waals surface area (Å²) in [5, 5.41) is 2.27. The van der Waals surface area contributed by atoms with E-state index >= 15 is 0 Å². The monoisotopic (exact) mass is 617 g/mol. The van der Waals surface area contributed by atoms with Crippen molar-refractivity contribution in [2.24, 2.45) is 0 Å². The Labute approximate surface area is 280 Å². The molecule has 0 aliphatic rings. The number of anilines is 3. The molecule has 0 aliphatic carbocycles. The molecule has 1 nitrogen and oxygen atoms in total. The van der Waals surface area contributed by atoms with Gasteiger partial charge in [-0.15, -0.1) is 0 Å². The summed E-state index contributed by atoms with van der Waals surface area (Å²) < 4.78 is 14.0. The summed E-state index contributed by atoms with van der Waals surface area (Å²) in [6.45, 7) is 0. The van der Waals surface area contributed by atoms with Crippen molar-refractivity contribution in [1.29, 1.82) is 0 Å². The molecule has 0 amide bonds. The summed E-state index contributed by atoms with van der Waals surface area (Å²) in [6, 6.07) is 66.8. The SMILES string of the molecule is Fc1ccc(-c2cccc3cccc(-c4ccccc4N(c4ccc(-c5ccccc5)cc4)c4ccccc4-c4ccccc4)c23)cc1.